The van der Waals surface area contributed by atoms with Crippen LogP contribution in [0.5, 0.6) is 0 Å². The van der Waals surface area contributed by atoms with E-state index in [0.29, 0.717) is 6.42 Å². The maximum atomic E-state index is 13.3. The average Bonchev–Trinajstić information content (AvgIpc) is 2.98. The van der Waals surface area contributed by atoms with Gasteiger partial charge in [-0.1, -0.05) is 37.3 Å². The Morgan fingerprint density at radius 3 is 2.23 bits per heavy atom. The number of nitrogens with zero attached hydrogens (tertiary/aromatic N) is 1. The van der Waals surface area contributed by atoms with Crippen LogP contribution in [0, 0.1) is 23.2 Å². The number of nitrogens with one attached hydrogen (secondary N) is 2. The molecule has 1 aromatic carbocycles. The summed E-state index contributed by atoms with van der Waals surface area (Å²) in [6.07, 6.45) is 8.13. The molecule has 1 heterocycles. The van der Waals surface area contributed by atoms with Gasteiger partial charge in [-0.15, -0.1) is 0 Å². The van der Waals surface area contributed by atoms with E-state index in [1.807, 2.05) is 37.3 Å². The van der Waals surface area contributed by atoms with Crippen molar-refractivity contribution in [2.75, 3.05) is 6.54 Å². The van der Waals surface area contributed by atoms with Crippen LogP contribution in [0.15, 0.2) is 30.3 Å². The Kier molecular flexibility index (Phi) is 4.87. The molecule has 5 aliphatic rings. The topological polar surface area (TPSA) is 78.5 Å². The summed E-state index contributed by atoms with van der Waals surface area (Å²) in [6, 6.07) is 8.86. The molecule has 1 aliphatic heterocycles. The minimum Gasteiger partial charge on any atom is -0.352 e. The van der Waals surface area contributed by atoms with Gasteiger partial charge in [-0.2, -0.15) is 0 Å². The molecule has 1 saturated heterocycles. The minimum atomic E-state index is -1.09. The van der Waals surface area contributed by atoms with Gasteiger partial charge in [0.15, 0.2) is 0 Å². The first-order valence-corrected chi connectivity index (χ1v) is 11.8. The summed E-state index contributed by atoms with van der Waals surface area (Å²) in [5.41, 5.74) is -0.149. The van der Waals surface area contributed by atoms with Crippen LogP contribution in [-0.4, -0.2) is 35.3 Å². The van der Waals surface area contributed by atoms with E-state index in [-0.39, 0.29) is 29.8 Å². The standard InChI is InChI=1S/C25H33N3O3/c1-3-25(20-7-5-4-6-8-20)22(30)28(23(31)27-25)15-21(29)26-16(2)24-12-17-9-18(13-24)11-19(10-17)14-24/h4-8,16-19H,3,9-15H2,1-2H3,(H,26,29)(H,27,31)/t16-,17?,18?,19?,24?,25-/m1/s1. The fourth-order valence-corrected chi connectivity index (χ4v) is 7.42. The Hall–Kier alpha value is -2.37. The van der Waals surface area contributed by atoms with Crippen molar-refractivity contribution in [1.29, 1.82) is 0 Å². The Balaban J connectivity index is 1.27. The van der Waals surface area contributed by atoms with Gasteiger partial charge in [0.2, 0.25) is 5.91 Å². The van der Waals surface area contributed by atoms with E-state index in [1.54, 1.807) is 0 Å². The number of rotatable bonds is 6. The van der Waals surface area contributed by atoms with Gasteiger partial charge in [0.1, 0.15) is 12.1 Å². The summed E-state index contributed by atoms with van der Waals surface area (Å²) >= 11 is 0. The second-order valence-electron chi connectivity index (χ2n) is 10.5. The molecule has 2 atom stereocenters. The Labute approximate surface area is 184 Å². The van der Waals surface area contributed by atoms with Crippen LogP contribution in [0.2, 0.25) is 0 Å². The second-order valence-corrected chi connectivity index (χ2v) is 10.5. The molecule has 166 valence electrons. The maximum absolute atomic E-state index is 13.3. The van der Waals surface area contributed by atoms with Gasteiger partial charge in [0.25, 0.3) is 5.91 Å². The van der Waals surface area contributed by atoms with Gasteiger partial charge in [-0.25, -0.2) is 4.79 Å². The number of imide groups is 1. The third kappa shape index (κ3) is 3.26. The Bertz CT molecular complexity index is 863. The van der Waals surface area contributed by atoms with Gasteiger partial charge in [-0.05, 0) is 80.6 Å². The minimum absolute atomic E-state index is 0.0687. The van der Waals surface area contributed by atoms with Crippen LogP contribution < -0.4 is 10.6 Å². The lowest BCUT2D eigenvalue weighted by Gasteiger charge is -2.59. The molecule has 4 aliphatic carbocycles. The van der Waals surface area contributed by atoms with Crippen LogP contribution in [0.1, 0.15) is 64.4 Å². The largest absolute Gasteiger partial charge is 0.352 e. The zero-order valence-electron chi connectivity index (χ0n) is 18.5. The lowest BCUT2D eigenvalue weighted by atomic mass is 9.48. The summed E-state index contributed by atoms with van der Waals surface area (Å²) in [5.74, 6) is 1.85. The fraction of sp³-hybridized carbons (Fsp3) is 0.640. The van der Waals surface area contributed by atoms with Gasteiger partial charge in [0.05, 0.1) is 0 Å². The maximum Gasteiger partial charge on any atom is 0.325 e. The molecule has 6 rings (SSSR count). The number of carbonyl (C=O) groups excluding carboxylic acids is 3. The molecule has 4 amide bonds. The summed E-state index contributed by atoms with van der Waals surface area (Å²) in [7, 11) is 0. The number of carbonyl (C=O) groups is 3. The smallest absolute Gasteiger partial charge is 0.325 e. The molecule has 6 nitrogen and oxygen atoms in total. The summed E-state index contributed by atoms with van der Waals surface area (Å²) in [5, 5.41) is 6.04. The molecule has 0 spiro atoms. The first-order valence-electron chi connectivity index (χ1n) is 11.8. The predicted molar refractivity (Wildman–Crippen MR) is 117 cm³/mol. The van der Waals surface area contributed by atoms with Crippen LogP contribution in [0.4, 0.5) is 4.79 Å². The van der Waals surface area contributed by atoms with Crippen molar-refractivity contribution >= 4 is 17.8 Å². The predicted octanol–water partition coefficient (Wildman–Crippen LogP) is 3.56. The zero-order chi connectivity index (χ0) is 21.8. The van der Waals surface area contributed by atoms with E-state index in [1.165, 1.54) is 38.5 Å². The van der Waals surface area contributed by atoms with Crippen LogP contribution >= 0.6 is 0 Å². The lowest BCUT2D eigenvalue weighted by molar-refractivity contribution is -0.136. The third-order valence-corrected chi connectivity index (χ3v) is 8.66. The zero-order valence-corrected chi connectivity index (χ0v) is 18.5. The highest BCUT2D eigenvalue weighted by atomic mass is 16.2. The molecule has 5 fully saturated rings. The number of hydrogen-bond donors (Lipinski definition) is 2. The monoisotopic (exact) mass is 423 g/mol. The molecule has 2 N–H and O–H groups in total. The van der Waals surface area contributed by atoms with Gasteiger partial charge in [0, 0.05) is 6.04 Å². The highest BCUT2D eigenvalue weighted by Gasteiger charge is 2.54. The molecule has 6 heteroatoms. The fourth-order valence-electron chi connectivity index (χ4n) is 7.42. The Morgan fingerprint density at radius 1 is 1.10 bits per heavy atom. The summed E-state index contributed by atoms with van der Waals surface area (Å²) in [4.78, 5) is 40.0. The number of urea groups is 1. The van der Waals surface area contributed by atoms with E-state index in [9.17, 15) is 14.4 Å². The van der Waals surface area contributed by atoms with E-state index >= 15 is 0 Å². The highest BCUT2D eigenvalue weighted by Crippen LogP contribution is 2.61. The molecule has 0 unspecified atom stereocenters. The van der Waals surface area contributed by atoms with Crippen molar-refractivity contribution in [3.05, 3.63) is 35.9 Å². The number of benzene rings is 1. The molecular weight excluding hydrogens is 390 g/mol. The first kappa shape index (κ1) is 20.5. The van der Waals surface area contributed by atoms with Crippen LogP contribution in [0.25, 0.3) is 0 Å². The molecular formula is C25H33N3O3. The van der Waals surface area contributed by atoms with Crippen molar-refractivity contribution in [1.82, 2.24) is 15.5 Å². The van der Waals surface area contributed by atoms with Gasteiger partial charge < -0.3 is 10.6 Å². The van der Waals surface area contributed by atoms with E-state index in [2.05, 4.69) is 17.6 Å². The van der Waals surface area contributed by atoms with Crippen molar-refractivity contribution in [3.63, 3.8) is 0 Å². The van der Waals surface area contributed by atoms with Gasteiger partial charge >= 0.3 is 6.03 Å². The molecule has 1 aromatic rings. The number of hydrogen-bond acceptors (Lipinski definition) is 3. The average molecular weight is 424 g/mol. The molecule has 0 radical (unpaired) electrons. The summed E-state index contributed by atoms with van der Waals surface area (Å²) < 4.78 is 0. The number of amides is 4. The molecule has 31 heavy (non-hydrogen) atoms. The van der Waals surface area contributed by atoms with Crippen molar-refractivity contribution in [2.24, 2.45) is 23.2 Å². The van der Waals surface area contributed by atoms with Crippen LogP contribution in [0.3, 0.4) is 0 Å². The van der Waals surface area contributed by atoms with Crippen molar-refractivity contribution in [2.45, 2.75) is 70.4 Å². The van der Waals surface area contributed by atoms with Crippen LogP contribution in [-0.2, 0) is 15.1 Å². The van der Waals surface area contributed by atoms with Crippen molar-refractivity contribution < 1.29 is 14.4 Å². The quantitative estimate of drug-likeness (QED) is 0.687. The van der Waals surface area contributed by atoms with E-state index < -0.39 is 11.6 Å². The van der Waals surface area contributed by atoms with E-state index in [4.69, 9.17) is 0 Å². The molecule has 4 saturated carbocycles. The van der Waals surface area contributed by atoms with Gasteiger partial charge in [-0.3, -0.25) is 14.5 Å². The summed E-state index contributed by atoms with van der Waals surface area (Å²) in [6.45, 7) is 3.77. The highest BCUT2D eigenvalue weighted by molar-refractivity contribution is 6.09. The van der Waals surface area contributed by atoms with Crippen molar-refractivity contribution in [3.8, 4) is 0 Å². The molecule has 4 bridgehead atoms. The SMILES string of the molecule is CC[C@]1(c2ccccc2)NC(=O)N(CC(=O)N[C@H](C)C23CC4CC(CC(C4)C2)C3)C1=O. The lowest BCUT2D eigenvalue weighted by Crippen LogP contribution is -2.57. The Morgan fingerprint density at radius 2 is 1.68 bits per heavy atom. The third-order valence-electron chi connectivity index (χ3n) is 8.66. The normalized spacial score (nSPS) is 37.1. The molecule has 0 aromatic heterocycles. The van der Waals surface area contributed by atoms with E-state index in [0.717, 1.165) is 28.2 Å². The second kappa shape index (κ2) is 7.35. The first-order chi connectivity index (χ1) is 14.8.